The first kappa shape index (κ1) is 15.5. The Hall–Kier alpha value is -3.41. The van der Waals surface area contributed by atoms with Crippen LogP contribution in [0, 0.1) is 10.1 Å². The first-order valence-corrected chi connectivity index (χ1v) is 7.28. The molecule has 0 aliphatic rings. The van der Waals surface area contributed by atoms with Crippen molar-refractivity contribution < 1.29 is 14.5 Å². The maximum absolute atomic E-state index is 11.9. The molecular formula is C18H14N2O4. The molecule has 0 spiro atoms. The van der Waals surface area contributed by atoms with Crippen LogP contribution in [0.4, 0.5) is 11.4 Å². The van der Waals surface area contributed by atoms with Gasteiger partial charge in [0.1, 0.15) is 5.75 Å². The summed E-state index contributed by atoms with van der Waals surface area (Å²) in [6, 6.07) is 19.2. The number of anilines is 1. The van der Waals surface area contributed by atoms with Crippen LogP contribution >= 0.6 is 0 Å². The number of carbonyl (C=O) groups is 1. The summed E-state index contributed by atoms with van der Waals surface area (Å²) in [4.78, 5) is 22.1. The van der Waals surface area contributed by atoms with E-state index in [-0.39, 0.29) is 18.2 Å². The lowest BCUT2D eigenvalue weighted by Gasteiger charge is -2.08. The van der Waals surface area contributed by atoms with E-state index in [0.29, 0.717) is 11.4 Å². The quantitative estimate of drug-likeness (QED) is 0.573. The largest absolute Gasteiger partial charge is 0.484 e. The SMILES string of the molecule is O=C(COc1ccc2ccccc2c1)Nc1cccc([N+](=O)[O-])c1. The molecule has 0 saturated heterocycles. The Bertz CT molecular complexity index is 908. The predicted octanol–water partition coefficient (Wildman–Crippen LogP) is 3.77. The van der Waals surface area contributed by atoms with Gasteiger partial charge in [-0.1, -0.05) is 36.4 Å². The second-order valence-electron chi connectivity index (χ2n) is 5.15. The first-order chi connectivity index (χ1) is 11.6. The zero-order chi connectivity index (χ0) is 16.9. The lowest BCUT2D eigenvalue weighted by atomic mass is 10.1. The van der Waals surface area contributed by atoms with Crippen LogP contribution in [0.25, 0.3) is 10.8 Å². The Morgan fingerprint density at radius 3 is 2.58 bits per heavy atom. The van der Waals surface area contributed by atoms with Crippen LogP contribution in [0.3, 0.4) is 0 Å². The number of benzene rings is 3. The molecule has 3 aromatic carbocycles. The summed E-state index contributed by atoms with van der Waals surface area (Å²) < 4.78 is 5.48. The number of non-ortho nitro benzene ring substituents is 1. The highest BCUT2D eigenvalue weighted by molar-refractivity contribution is 5.92. The van der Waals surface area contributed by atoms with Gasteiger partial charge in [0, 0.05) is 17.8 Å². The maximum Gasteiger partial charge on any atom is 0.271 e. The van der Waals surface area contributed by atoms with Crippen LogP contribution in [0.5, 0.6) is 5.75 Å². The van der Waals surface area contributed by atoms with Crippen molar-refractivity contribution in [2.75, 3.05) is 11.9 Å². The maximum atomic E-state index is 11.9. The molecule has 1 amide bonds. The summed E-state index contributed by atoms with van der Waals surface area (Å²) in [6.45, 7) is -0.180. The number of nitrogens with zero attached hydrogens (tertiary/aromatic N) is 1. The van der Waals surface area contributed by atoms with Crippen molar-refractivity contribution in [3.8, 4) is 5.75 Å². The van der Waals surface area contributed by atoms with Crippen LogP contribution < -0.4 is 10.1 Å². The van der Waals surface area contributed by atoms with Crippen molar-refractivity contribution in [2.45, 2.75) is 0 Å². The third-order valence-corrected chi connectivity index (χ3v) is 3.43. The summed E-state index contributed by atoms with van der Waals surface area (Å²) in [5.41, 5.74) is 0.277. The van der Waals surface area contributed by atoms with E-state index in [0.717, 1.165) is 10.8 Å². The van der Waals surface area contributed by atoms with Crippen LogP contribution in [-0.2, 0) is 4.79 Å². The average molecular weight is 322 g/mol. The van der Waals surface area contributed by atoms with Gasteiger partial charge in [0.05, 0.1) is 4.92 Å². The fourth-order valence-electron chi connectivity index (χ4n) is 2.30. The van der Waals surface area contributed by atoms with Gasteiger partial charge in [-0.3, -0.25) is 14.9 Å². The molecule has 0 heterocycles. The lowest BCUT2D eigenvalue weighted by molar-refractivity contribution is -0.384. The van der Waals surface area contributed by atoms with Crippen LogP contribution in [0.1, 0.15) is 0 Å². The zero-order valence-electron chi connectivity index (χ0n) is 12.6. The number of nitro benzene ring substituents is 1. The van der Waals surface area contributed by atoms with E-state index in [9.17, 15) is 14.9 Å². The molecule has 0 aliphatic heterocycles. The smallest absolute Gasteiger partial charge is 0.271 e. The van der Waals surface area contributed by atoms with Crippen LogP contribution in [-0.4, -0.2) is 17.4 Å². The number of ether oxygens (including phenoxy) is 1. The van der Waals surface area contributed by atoms with Crippen molar-refractivity contribution in [1.82, 2.24) is 0 Å². The molecular weight excluding hydrogens is 308 g/mol. The second kappa shape index (κ2) is 6.78. The molecule has 3 rings (SSSR count). The van der Waals surface area contributed by atoms with E-state index in [4.69, 9.17) is 4.74 Å². The number of carbonyl (C=O) groups excluding carboxylic acids is 1. The number of fused-ring (bicyclic) bond motifs is 1. The van der Waals surface area contributed by atoms with Crippen molar-refractivity contribution in [3.63, 3.8) is 0 Å². The third-order valence-electron chi connectivity index (χ3n) is 3.43. The average Bonchev–Trinajstić information content (AvgIpc) is 2.60. The molecule has 0 aliphatic carbocycles. The highest BCUT2D eigenvalue weighted by Gasteiger charge is 2.09. The summed E-state index contributed by atoms with van der Waals surface area (Å²) >= 11 is 0. The molecule has 1 N–H and O–H groups in total. The molecule has 24 heavy (non-hydrogen) atoms. The number of amides is 1. The van der Waals surface area contributed by atoms with Crippen molar-refractivity contribution in [1.29, 1.82) is 0 Å². The molecule has 3 aromatic rings. The van der Waals surface area contributed by atoms with Crippen LogP contribution in [0.2, 0.25) is 0 Å². The van der Waals surface area contributed by atoms with Gasteiger partial charge < -0.3 is 10.1 Å². The Kier molecular flexibility index (Phi) is 4.38. The third kappa shape index (κ3) is 3.67. The summed E-state index contributed by atoms with van der Waals surface area (Å²) in [5.74, 6) is 0.201. The van der Waals surface area contributed by atoms with Gasteiger partial charge in [-0.2, -0.15) is 0 Å². The zero-order valence-corrected chi connectivity index (χ0v) is 12.6. The van der Waals surface area contributed by atoms with Crippen LogP contribution in [0.15, 0.2) is 66.7 Å². The van der Waals surface area contributed by atoms with Gasteiger partial charge in [0.2, 0.25) is 0 Å². The van der Waals surface area contributed by atoms with E-state index < -0.39 is 4.92 Å². The van der Waals surface area contributed by atoms with Gasteiger partial charge >= 0.3 is 0 Å². The molecule has 0 saturated carbocycles. The molecule has 0 atom stereocenters. The Balaban J connectivity index is 1.62. The van der Waals surface area contributed by atoms with E-state index in [2.05, 4.69) is 5.32 Å². The molecule has 6 heteroatoms. The Morgan fingerprint density at radius 2 is 1.79 bits per heavy atom. The minimum absolute atomic E-state index is 0.0803. The summed E-state index contributed by atoms with van der Waals surface area (Å²) in [7, 11) is 0. The van der Waals surface area contributed by atoms with Gasteiger partial charge in [-0.25, -0.2) is 0 Å². The molecule has 0 unspecified atom stereocenters. The van der Waals surface area contributed by atoms with Crippen molar-refractivity contribution in [3.05, 3.63) is 76.8 Å². The molecule has 0 radical (unpaired) electrons. The molecule has 0 bridgehead atoms. The first-order valence-electron chi connectivity index (χ1n) is 7.28. The summed E-state index contributed by atoms with van der Waals surface area (Å²) in [5, 5.41) is 15.4. The number of nitrogens with one attached hydrogen (secondary N) is 1. The molecule has 0 aromatic heterocycles. The molecule has 120 valence electrons. The van der Waals surface area contributed by atoms with Crippen molar-refractivity contribution in [2.24, 2.45) is 0 Å². The number of hydrogen-bond acceptors (Lipinski definition) is 4. The van der Waals surface area contributed by atoms with Crippen molar-refractivity contribution >= 4 is 28.1 Å². The Morgan fingerprint density at radius 1 is 1.00 bits per heavy atom. The minimum atomic E-state index is -0.513. The minimum Gasteiger partial charge on any atom is -0.484 e. The van der Waals surface area contributed by atoms with Gasteiger partial charge in [-0.15, -0.1) is 0 Å². The van der Waals surface area contributed by atoms with E-state index in [1.807, 2.05) is 36.4 Å². The monoisotopic (exact) mass is 322 g/mol. The van der Waals surface area contributed by atoms with E-state index in [1.165, 1.54) is 18.2 Å². The second-order valence-corrected chi connectivity index (χ2v) is 5.15. The van der Waals surface area contributed by atoms with Gasteiger partial charge in [0.25, 0.3) is 11.6 Å². The fourth-order valence-corrected chi connectivity index (χ4v) is 2.30. The lowest BCUT2D eigenvalue weighted by Crippen LogP contribution is -2.20. The van der Waals surface area contributed by atoms with Gasteiger partial charge in [0.15, 0.2) is 6.61 Å². The summed E-state index contributed by atoms with van der Waals surface area (Å²) in [6.07, 6.45) is 0. The van der Waals surface area contributed by atoms with Gasteiger partial charge in [-0.05, 0) is 29.0 Å². The fraction of sp³-hybridized carbons (Fsp3) is 0.0556. The van der Waals surface area contributed by atoms with E-state index >= 15 is 0 Å². The highest BCUT2D eigenvalue weighted by Crippen LogP contribution is 2.21. The molecule has 6 nitrogen and oxygen atoms in total. The molecule has 0 fully saturated rings. The topological polar surface area (TPSA) is 81.5 Å². The number of hydrogen-bond donors (Lipinski definition) is 1. The van der Waals surface area contributed by atoms with E-state index in [1.54, 1.807) is 12.1 Å². The normalized spacial score (nSPS) is 10.3. The highest BCUT2D eigenvalue weighted by atomic mass is 16.6. The predicted molar refractivity (Wildman–Crippen MR) is 91.2 cm³/mol. The number of nitro groups is 1. The standard InChI is InChI=1S/C18H14N2O4/c21-18(19-15-6-3-7-16(11-15)20(22)23)12-24-17-9-8-13-4-1-2-5-14(13)10-17/h1-11H,12H2,(H,19,21). The number of rotatable bonds is 5. The Labute approximate surface area is 137 Å².